The van der Waals surface area contributed by atoms with Crippen LogP contribution in [-0.2, 0) is 4.74 Å². The van der Waals surface area contributed by atoms with E-state index in [1.165, 1.54) is 6.07 Å². The molecule has 2 rings (SSSR count). The molecule has 1 aromatic carbocycles. The Morgan fingerprint density at radius 3 is 2.86 bits per heavy atom. The monoisotopic (exact) mass is 358 g/mol. The molecule has 0 heterocycles. The Labute approximate surface area is 132 Å². The van der Waals surface area contributed by atoms with Gasteiger partial charge in [-0.1, -0.05) is 13.0 Å². The molecule has 1 aliphatic carbocycles. The molecule has 3 atom stereocenters. The summed E-state index contributed by atoms with van der Waals surface area (Å²) in [6.45, 7) is 5.41. The highest BCUT2D eigenvalue weighted by atomic mass is 79.9. The molecule has 0 radical (unpaired) electrons. The van der Waals surface area contributed by atoms with Gasteiger partial charge in [0.1, 0.15) is 12.2 Å². The Morgan fingerprint density at radius 1 is 1.48 bits per heavy atom. The minimum Gasteiger partial charge on any atom is -0.480 e. The Hall–Kier alpha value is -1.18. The topological polar surface area (TPSA) is 73.6 Å². The van der Waals surface area contributed by atoms with Crippen LogP contribution in [0.1, 0.15) is 20.3 Å². The second kappa shape index (κ2) is 7.20. The molecule has 1 saturated carbocycles. The van der Waals surface area contributed by atoms with Crippen molar-refractivity contribution in [2.45, 2.75) is 38.5 Å². The highest BCUT2D eigenvalue weighted by molar-refractivity contribution is 9.10. The molecule has 6 nitrogen and oxygen atoms in total. The van der Waals surface area contributed by atoms with Crippen molar-refractivity contribution in [1.82, 2.24) is 5.32 Å². The molecule has 1 fully saturated rings. The fourth-order valence-electron chi connectivity index (χ4n) is 2.48. The minimum absolute atomic E-state index is 0.0356. The lowest BCUT2D eigenvalue weighted by Gasteiger charge is -2.44. The summed E-state index contributed by atoms with van der Waals surface area (Å²) < 4.78 is 12.1. The first-order chi connectivity index (χ1) is 10.1. The van der Waals surface area contributed by atoms with E-state index in [-0.39, 0.29) is 29.7 Å². The van der Waals surface area contributed by atoms with E-state index in [4.69, 9.17) is 9.47 Å². The molecule has 0 aliphatic heterocycles. The molecule has 116 valence electrons. The molecular weight excluding hydrogens is 340 g/mol. The van der Waals surface area contributed by atoms with Crippen LogP contribution in [0, 0.1) is 10.1 Å². The van der Waals surface area contributed by atoms with E-state index in [0.717, 1.165) is 13.0 Å². The molecule has 1 aromatic rings. The number of halogens is 1. The maximum Gasteiger partial charge on any atom is 0.312 e. The standard InChI is InChI=1S/C14H19BrN2O4/c1-3-16-10-8-12(14(10)20-4-2)21-13-9(15)6-5-7-11(13)17(18)19/h5-7,10,12,14,16H,3-4,8H2,1-2H3. The molecule has 0 amide bonds. The van der Waals surface area contributed by atoms with Crippen molar-refractivity contribution in [3.8, 4) is 5.75 Å². The molecule has 21 heavy (non-hydrogen) atoms. The van der Waals surface area contributed by atoms with Gasteiger partial charge in [-0.2, -0.15) is 0 Å². The van der Waals surface area contributed by atoms with Crippen LogP contribution in [0.15, 0.2) is 22.7 Å². The summed E-state index contributed by atoms with van der Waals surface area (Å²) in [5, 5.41) is 14.4. The van der Waals surface area contributed by atoms with E-state index in [1.807, 2.05) is 13.8 Å². The number of rotatable bonds is 7. The molecule has 0 bridgehead atoms. The van der Waals surface area contributed by atoms with Gasteiger partial charge in [-0.3, -0.25) is 10.1 Å². The zero-order valence-electron chi connectivity index (χ0n) is 12.0. The third-order valence-electron chi connectivity index (χ3n) is 3.49. The molecule has 3 unspecified atom stereocenters. The van der Waals surface area contributed by atoms with Gasteiger partial charge in [0.15, 0.2) is 0 Å². The summed E-state index contributed by atoms with van der Waals surface area (Å²) in [6, 6.07) is 5.04. The van der Waals surface area contributed by atoms with Crippen molar-refractivity contribution in [3.05, 3.63) is 32.8 Å². The number of benzene rings is 1. The van der Waals surface area contributed by atoms with Crippen LogP contribution >= 0.6 is 15.9 Å². The van der Waals surface area contributed by atoms with Gasteiger partial charge in [0.05, 0.1) is 9.40 Å². The summed E-state index contributed by atoms with van der Waals surface area (Å²) in [6.07, 6.45) is 0.518. The predicted molar refractivity (Wildman–Crippen MR) is 82.7 cm³/mol. The van der Waals surface area contributed by atoms with Crippen molar-refractivity contribution in [1.29, 1.82) is 0 Å². The van der Waals surface area contributed by atoms with Gasteiger partial charge >= 0.3 is 5.69 Å². The number of hydrogen-bond donors (Lipinski definition) is 1. The fourth-order valence-corrected chi connectivity index (χ4v) is 2.93. The highest BCUT2D eigenvalue weighted by Gasteiger charge is 2.44. The molecular formula is C14H19BrN2O4. The smallest absolute Gasteiger partial charge is 0.312 e. The third-order valence-corrected chi connectivity index (χ3v) is 4.11. The molecule has 0 aromatic heterocycles. The zero-order valence-corrected chi connectivity index (χ0v) is 13.6. The number of hydrogen-bond acceptors (Lipinski definition) is 5. The van der Waals surface area contributed by atoms with Gasteiger partial charge in [-0.15, -0.1) is 0 Å². The van der Waals surface area contributed by atoms with Crippen molar-refractivity contribution in [3.63, 3.8) is 0 Å². The number of likely N-dealkylation sites (N-methyl/N-ethyl adjacent to an activating group) is 1. The Bertz CT molecular complexity index is 512. The van der Waals surface area contributed by atoms with E-state index in [1.54, 1.807) is 12.1 Å². The van der Waals surface area contributed by atoms with Crippen LogP contribution < -0.4 is 10.1 Å². The first-order valence-electron chi connectivity index (χ1n) is 7.03. The minimum atomic E-state index is -0.434. The average Bonchev–Trinajstić information content (AvgIpc) is 2.44. The fraction of sp³-hybridized carbons (Fsp3) is 0.571. The van der Waals surface area contributed by atoms with Crippen molar-refractivity contribution >= 4 is 21.6 Å². The van der Waals surface area contributed by atoms with Crippen LogP contribution in [0.2, 0.25) is 0 Å². The third kappa shape index (κ3) is 3.53. The van der Waals surface area contributed by atoms with E-state index >= 15 is 0 Å². The van der Waals surface area contributed by atoms with E-state index in [2.05, 4.69) is 21.2 Å². The summed E-state index contributed by atoms with van der Waals surface area (Å²) in [5.74, 6) is 0.271. The first kappa shape index (κ1) is 16.2. The van der Waals surface area contributed by atoms with Crippen molar-refractivity contribution < 1.29 is 14.4 Å². The lowest BCUT2D eigenvalue weighted by atomic mass is 9.85. The van der Waals surface area contributed by atoms with Crippen LogP contribution in [0.25, 0.3) is 0 Å². The number of nitrogens with one attached hydrogen (secondary N) is 1. The Morgan fingerprint density at radius 2 is 2.24 bits per heavy atom. The quantitative estimate of drug-likeness (QED) is 0.599. The second-order valence-corrected chi connectivity index (χ2v) is 5.68. The normalized spacial score (nSPS) is 24.4. The van der Waals surface area contributed by atoms with Crippen LogP contribution in [0.5, 0.6) is 5.75 Å². The second-order valence-electron chi connectivity index (χ2n) is 4.82. The predicted octanol–water partition coefficient (Wildman–Crippen LogP) is 2.89. The summed E-state index contributed by atoms with van der Waals surface area (Å²) in [5.41, 5.74) is -0.0356. The summed E-state index contributed by atoms with van der Waals surface area (Å²) >= 11 is 3.32. The van der Waals surface area contributed by atoms with E-state index in [0.29, 0.717) is 11.1 Å². The average molecular weight is 359 g/mol. The van der Waals surface area contributed by atoms with Gasteiger partial charge in [0.2, 0.25) is 5.75 Å². The zero-order chi connectivity index (χ0) is 15.4. The first-order valence-corrected chi connectivity index (χ1v) is 7.82. The number of nitro benzene ring substituents is 1. The lowest BCUT2D eigenvalue weighted by Crippen LogP contribution is -2.61. The Balaban J connectivity index is 2.13. The molecule has 7 heteroatoms. The highest BCUT2D eigenvalue weighted by Crippen LogP contribution is 2.38. The van der Waals surface area contributed by atoms with Crippen LogP contribution in [0.4, 0.5) is 5.69 Å². The van der Waals surface area contributed by atoms with Gasteiger partial charge < -0.3 is 14.8 Å². The van der Waals surface area contributed by atoms with Crippen LogP contribution in [-0.4, -0.2) is 36.3 Å². The van der Waals surface area contributed by atoms with Gasteiger partial charge in [0, 0.05) is 25.1 Å². The molecule has 0 saturated heterocycles. The maximum absolute atomic E-state index is 11.1. The van der Waals surface area contributed by atoms with Gasteiger partial charge in [-0.25, -0.2) is 0 Å². The van der Waals surface area contributed by atoms with Gasteiger partial charge in [-0.05, 0) is 35.5 Å². The Kier molecular flexibility index (Phi) is 5.55. The van der Waals surface area contributed by atoms with E-state index in [9.17, 15) is 10.1 Å². The number of para-hydroxylation sites is 1. The number of nitro groups is 1. The largest absolute Gasteiger partial charge is 0.480 e. The van der Waals surface area contributed by atoms with Crippen LogP contribution in [0.3, 0.4) is 0 Å². The SMILES string of the molecule is CCNC1CC(Oc2c(Br)cccc2[N+](=O)[O-])C1OCC. The van der Waals surface area contributed by atoms with E-state index < -0.39 is 4.92 Å². The number of nitrogens with zero attached hydrogens (tertiary/aromatic N) is 1. The lowest BCUT2D eigenvalue weighted by molar-refractivity contribution is -0.386. The molecule has 0 spiro atoms. The summed E-state index contributed by atoms with van der Waals surface area (Å²) in [7, 11) is 0. The van der Waals surface area contributed by atoms with Crippen molar-refractivity contribution in [2.75, 3.05) is 13.2 Å². The van der Waals surface area contributed by atoms with Gasteiger partial charge in [0.25, 0.3) is 0 Å². The maximum atomic E-state index is 11.1. The molecule has 1 aliphatic rings. The molecule has 1 N–H and O–H groups in total. The number of ether oxygens (including phenoxy) is 2. The van der Waals surface area contributed by atoms with Crippen molar-refractivity contribution in [2.24, 2.45) is 0 Å². The summed E-state index contributed by atoms with van der Waals surface area (Å²) in [4.78, 5) is 10.7.